The second-order valence-corrected chi connectivity index (χ2v) is 6.39. The summed E-state index contributed by atoms with van der Waals surface area (Å²) in [5, 5.41) is 3.90. The molecule has 21 heavy (non-hydrogen) atoms. The summed E-state index contributed by atoms with van der Waals surface area (Å²) in [5.74, 6) is 1.03. The SMILES string of the molecule is CCc1noc([C@@H]2CN(C(=O)OC(C)(C)C)CC[C@@H]2N)n1. The van der Waals surface area contributed by atoms with Crippen molar-refractivity contribution >= 4 is 6.09 Å². The zero-order valence-electron chi connectivity index (χ0n) is 13.1. The van der Waals surface area contributed by atoms with Crippen LogP contribution in [0.4, 0.5) is 4.79 Å². The fourth-order valence-corrected chi connectivity index (χ4v) is 2.29. The molecule has 1 amide bonds. The molecule has 1 fully saturated rings. The molecule has 2 atom stereocenters. The molecular weight excluding hydrogens is 272 g/mol. The highest BCUT2D eigenvalue weighted by Gasteiger charge is 2.35. The minimum Gasteiger partial charge on any atom is -0.444 e. The van der Waals surface area contributed by atoms with E-state index in [1.54, 1.807) is 4.90 Å². The van der Waals surface area contributed by atoms with Crippen molar-refractivity contribution in [3.05, 3.63) is 11.7 Å². The van der Waals surface area contributed by atoms with E-state index in [4.69, 9.17) is 15.0 Å². The Morgan fingerprint density at radius 2 is 2.24 bits per heavy atom. The van der Waals surface area contributed by atoms with Crippen molar-refractivity contribution in [2.45, 2.75) is 58.1 Å². The van der Waals surface area contributed by atoms with Crippen LogP contribution in [-0.2, 0) is 11.2 Å². The number of rotatable bonds is 2. The highest BCUT2D eigenvalue weighted by atomic mass is 16.6. The molecule has 1 saturated heterocycles. The molecule has 2 rings (SSSR count). The van der Waals surface area contributed by atoms with E-state index in [2.05, 4.69) is 10.1 Å². The molecule has 0 saturated carbocycles. The minimum absolute atomic E-state index is 0.0890. The summed E-state index contributed by atoms with van der Waals surface area (Å²) < 4.78 is 10.7. The number of hydrogen-bond donors (Lipinski definition) is 1. The first-order valence-electron chi connectivity index (χ1n) is 7.36. The molecule has 0 unspecified atom stereocenters. The Balaban J connectivity index is 2.07. The molecule has 0 bridgehead atoms. The van der Waals surface area contributed by atoms with Gasteiger partial charge in [0.1, 0.15) is 5.60 Å². The maximum Gasteiger partial charge on any atom is 0.410 e. The van der Waals surface area contributed by atoms with Gasteiger partial charge in [-0.2, -0.15) is 4.98 Å². The van der Waals surface area contributed by atoms with Crippen molar-refractivity contribution in [2.75, 3.05) is 13.1 Å². The third-order valence-corrected chi connectivity index (χ3v) is 3.44. The molecule has 1 aromatic rings. The lowest BCUT2D eigenvalue weighted by molar-refractivity contribution is 0.0175. The first kappa shape index (κ1) is 15.8. The number of nitrogens with two attached hydrogens (primary N) is 1. The number of hydrogen-bond acceptors (Lipinski definition) is 6. The summed E-state index contributed by atoms with van der Waals surface area (Å²) in [6, 6.07) is -0.0890. The molecule has 7 nitrogen and oxygen atoms in total. The van der Waals surface area contributed by atoms with Gasteiger partial charge in [0.05, 0.1) is 5.92 Å². The van der Waals surface area contributed by atoms with Crippen molar-refractivity contribution in [1.29, 1.82) is 0 Å². The number of likely N-dealkylation sites (tertiary alicyclic amines) is 1. The van der Waals surface area contributed by atoms with E-state index in [1.165, 1.54) is 0 Å². The second kappa shape index (κ2) is 6.01. The van der Waals surface area contributed by atoms with Crippen LogP contribution in [0.15, 0.2) is 4.52 Å². The number of aryl methyl sites for hydroxylation is 1. The molecule has 1 aliphatic rings. The summed E-state index contributed by atoms with van der Waals surface area (Å²) in [5.41, 5.74) is 5.64. The Morgan fingerprint density at radius 1 is 1.52 bits per heavy atom. The second-order valence-electron chi connectivity index (χ2n) is 6.39. The van der Waals surface area contributed by atoms with Crippen LogP contribution in [0, 0.1) is 0 Å². The third kappa shape index (κ3) is 3.93. The zero-order valence-corrected chi connectivity index (χ0v) is 13.1. The Kier molecular flexibility index (Phi) is 4.51. The van der Waals surface area contributed by atoms with E-state index in [-0.39, 0.29) is 18.1 Å². The van der Waals surface area contributed by atoms with Crippen molar-refractivity contribution in [3.63, 3.8) is 0 Å². The molecule has 7 heteroatoms. The van der Waals surface area contributed by atoms with Gasteiger partial charge >= 0.3 is 6.09 Å². The van der Waals surface area contributed by atoms with E-state index in [0.717, 1.165) is 0 Å². The van der Waals surface area contributed by atoms with Crippen molar-refractivity contribution < 1.29 is 14.1 Å². The minimum atomic E-state index is -0.508. The molecular formula is C14H24N4O3. The van der Waals surface area contributed by atoms with Crippen LogP contribution in [-0.4, -0.2) is 45.9 Å². The predicted octanol–water partition coefficient (Wildman–Crippen LogP) is 1.68. The molecule has 0 radical (unpaired) electrons. The number of ether oxygens (including phenoxy) is 1. The fraction of sp³-hybridized carbons (Fsp3) is 0.786. The highest BCUT2D eigenvalue weighted by Crippen LogP contribution is 2.26. The maximum absolute atomic E-state index is 12.2. The third-order valence-electron chi connectivity index (χ3n) is 3.44. The van der Waals surface area contributed by atoms with Gasteiger partial charge in [0, 0.05) is 25.6 Å². The van der Waals surface area contributed by atoms with Gasteiger partial charge < -0.3 is 19.9 Å². The van der Waals surface area contributed by atoms with Gasteiger partial charge in [0.2, 0.25) is 5.89 Å². The van der Waals surface area contributed by atoms with Gasteiger partial charge in [-0.25, -0.2) is 4.79 Å². The van der Waals surface area contributed by atoms with Gasteiger partial charge in [-0.1, -0.05) is 12.1 Å². The maximum atomic E-state index is 12.2. The average Bonchev–Trinajstić information content (AvgIpc) is 2.85. The van der Waals surface area contributed by atoms with Gasteiger partial charge in [0.25, 0.3) is 0 Å². The van der Waals surface area contributed by atoms with Crippen molar-refractivity contribution in [3.8, 4) is 0 Å². The standard InChI is InChI=1S/C14H24N4O3/c1-5-11-16-12(21-17-11)9-8-18(7-6-10(9)15)13(19)20-14(2,3)4/h9-10H,5-8,15H2,1-4H3/t9-,10+/m1/s1. The first-order valence-corrected chi connectivity index (χ1v) is 7.36. The van der Waals surface area contributed by atoms with Crippen molar-refractivity contribution in [2.24, 2.45) is 5.73 Å². The van der Waals surface area contributed by atoms with Gasteiger partial charge in [-0.3, -0.25) is 0 Å². The topological polar surface area (TPSA) is 94.5 Å². The smallest absolute Gasteiger partial charge is 0.410 e. The van der Waals surface area contributed by atoms with Crippen molar-refractivity contribution in [1.82, 2.24) is 15.0 Å². The zero-order chi connectivity index (χ0) is 15.6. The van der Waals surface area contributed by atoms with Crippen LogP contribution in [0.3, 0.4) is 0 Å². The molecule has 2 N–H and O–H groups in total. The number of carbonyl (C=O) groups is 1. The number of aromatic nitrogens is 2. The fourth-order valence-electron chi connectivity index (χ4n) is 2.29. The molecule has 0 aromatic carbocycles. The number of nitrogens with zero attached hydrogens (tertiary/aromatic N) is 3. The monoisotopic (exact) mass is 296 g/mol. The lowest BCUT2D eigenvalue weighted by atomic mass is 9.93. The Morgan fingerprint density at radius 3 is 2.81 bits per heavy atom. The van der Waals surface area contributed by atoms with E-state index in [1.807, 2.05) is 27.7 Å². The van der Waals surface area contributed by atoms with Crippen LogP contribution in [0.25, 0.3) is 0 Å². The van der Waals surface area contributed by atoms with Gasteiger partial charge in [0.15, 0.2) is 5.82 Å². The Labute approximate surface area is 124 Å². The molecule has 118 valence electrons. The quantitative estimate of drug-likeness (QED) is 0.892. The van der Waals surface area contributed by atoms with E-state index in [9.17, 15) is 4.79 Å². The summed E-state index contributed by atoms with van der Waals surface area (Å²) in [6.07, 6.45) is 1.07. The highest BCUT2D eigenvalue weighted by molar-refractivity contribution is 5.68. The number of piperidine rings is 1. The molecule has 1 aliphatic heterocycles. The van der Waals surface area contributed by atoms with Crippen LogP contribution < -0.4 is 5.73 Å². The summed E-state index contributed by atoms with van der Waals surface area (Å²) in [6.45, 7) is 8.54. The predicted molar refractivity (Wildman–Crippen MR) is 76.8 cm³/mol. The summed E-state index contributed by atoms with van der Waals surface area (Å²) >= 11 is 0. The normalized spacial score (nSPS) is 23.2. The van der Waals surface area contributed by atoms with Crippen LogP contribution >= 0.6 is 0 Å². The lowest BCUT2D eigenvalue weighted by Gasteiger charge is -2.35. The van der Waals surface area contributed by atoms with Crippen LogP contribution in [0.2, 0.25) is 0 Å². The van der Waals surface area contributed by atoms with E-state index >= 15 is 0 Å². The average molecular weight is 296 g/mol. The van der Waals surface area contributed by atoms with Gasteiger partial charge in [-0.15, -0.1) is 0 Å². The molecule has 0 spiro atoms. The van der Waals surface area contributed by atoms with E-state index in [0.29, 0.717) is 37.6 Å². The summed E-state index contributed by atoms with van der Waals surface area (Å²) in [4.78, 5) is 18.2. The van der Waals surface area contributed by atoms with Gasteiger partial charge in [-0.05, 0) is 27.2 Å². The lowest BCUT2D eigenvalue weighted by Crippen LogP contribution is -2.49. The molecule has 2 heterocycles. The molecule has 0 aliphatic carbocycles. The Hall–Kier alpha value is -1.63. The summed E-state index contributed by atoms with van der Waals surface area (Å²) in [7, 11) is 0. The van der Waals surface area contributed by atoms with E-state index < -0.39 is 5.60 Å². The first-order chi connectivity index (χ1) is 9.80. The van der Waals surface area contributed by atoms with Crippen LogP contribution in [0.5, 0.6) is 0 Å². The largest absolute Gasteiger partial charge is 0.444 e. The Bertz CT molecular complexity index is 495. The number of amides is 1. The molecule has 1 aromatic heterocycles. The van der Waals surface area contributed by atoms with Crippen LogP contribution in [0.1, 0.15) is 51.7 Å². The number of carbonyl (C=O) groups excluding carboxylic acids is 1.